The number of nitrogens with two attached hydrogens (primary N) is 1. The third-order valence-electron chi connectivity index (χ3n) is 3.13. The molecule has 0 aromatic heterocycles. The number of benzene rings is 2. The fourth-order valence-electron chi connectivity index (χ4n) is 2.06. The maximum atomic E-state index is 6.09. The molecule has 0 unspecified atom stereocenters. The van der Waals surface area contributed by atoms with Crippen LogP contribution in [0.25, 0.3) is 11.1 Å². The molecule has 2 aromatic rings. The Kier molecular flexibility index (Phi) is 3.56. The lowest BCUT2D eigenvalue weighted by atomic mass is 9.97. The predicted molar refractivity (Wildman–Crippen MR) is 76.9 cm³/mol. The summed E-state index contributed by atoms with van der Waals surface area (Å²) in [7, 11) is 1.67. The average Bonchev–Trinajstić information content (AvgIpc) is 2.38. The Morgan fingerprint density at radius 2 is 1.56 bits per heavy atom. The van der Waals surface area contributed by atoms with Crippen LogP contribution in [-0.4, -0.2) is 7.11 Å². The number of rotatable bonds is 3. The molecule has 0 saturated heterocycles. The third kappa shape index (κ3) is 2.48. The van der Waals surface area contributed by atoms with Gasteiger partial charge < -0.3 is 10.5 Å². The first-order valence-corrected chi connectivity index (χ1v) is 6.15. The molecular formula is C16H19NO. The number of anilines is 1. The van der Waals surface area contributed by atoms with Gasteiger partial charge in [0.25, 0.3) is 0 Å². The second-order valence-corrected chi connectivity index (χ2v) is 4.73. The number of hydrogen-bond donors (Lipinski definition) is 1. The highest BCUT2D eigenvalue weighted by Crippen LogP contribution is 2.28. The molecule has 2 aromatic carbocycles. The lowest BCUT2D eigenvalue weighted by molar-refractivity contribution is 0.415. The van der Waals surface area contributed by atoms with Gasteiger partial charge in [0, 0.05) is 5.69 Å². The van der Waals surface area contributed by atoms with Crippen molar-refractivity contribution in [3.8, 4) is 16.9 Å². The molecule has 0 bridgehead atoms. The van der Waals surface area contributed by atoms with E-state index in [0.717, 1.165) is 22.6 Å². The second-order valence-electron chi connectivity index (χ2n) is 4.73. The van der Waals surface area contributed by atoms with Gasteiger partial charge in [-0.3, -0.25) is 0 Å². The largest absolute Gasteiger partial charge is 0.497 e. The van der Waals surface area contributed by atoms with E-state index in [1.807, 2.05) is 30.3 Å². The van der Waals surface area contributed by atoms with Crippen molar-refractivity contribution in [3.05, 3.63) is 48.0 Å². The van der Waals surface area contributed by atoms with Gasteiger partial charge in [-0.15, -0.1) is 0 Å². The topological polar surface area (TPSA) is 35.2 Å². The van der Waals surface area contributed by atoms with Gasteiger partial charge in [-0.25, -0.2) is 0 Å². The highest BCUT2D eigenvalue weighted by molar-refractivity contribution is 5.69. The number of methoxy groups -OCH3 is 1. The number of ether oxygens (including phenoxy) is 1. The van der Waals surface area contributed by atoms with Crippen molar-refractivity contribution in [1.29, 1.82) is 0 Å². The smallest absolute Gasteiger partial charge is 0.118 e. The number of nitrogen functional groups attached to an aromatic ring is 1. The number of hydrogen-bond acceptors (Lipinski definition) is 2. The molecule has 0 saturated carbocycles. The lowest BCUT2D eigenvalue weighted by Gasteiger charge is -2.11. The molecule has 18 heavy (non-hydrogen) atoms. The molecule has 0 aliphatic heterocycles. The Morgan fingerprint density at radius 3 is 2.06 bits per heavy atom. The van der Waals surface area contributed by atoms with Gasteiger partial charge >= 0.3 is 0 Å². The van der Waals surface area contributed by atoms with Crippen LogP contribution in [0, 0.1) is 0 Å². The minimum atomic E-state index is 0.454. The van der Waals surface area contributed by atoms with Crippen molar-refractivity contribution in [1.82, 2.24) is 0 Å². The maximum Gasteiger partial charge on any atom is 0.118 e. The summed E-state index contributed by atoms with van der Waals surface area (Å²) < 4.78 is 5.15. The summed E-state index contributed by atoms with van der Waals surface area (Å²) >= 11 is 0. The van der Waals surface area contributed by atoms with Gasteiger partial charge in [-0.2, -0.15) is 0 Å². The molecule has 2 nitrogen and oxygen atoms in total. The zero-order chi connectivity index (χ0) is 13.1. The van der Waals surface area contributed by atoms with Crippen LogP contribution in [-0.2, 0) is 0 Å². The van der Waals surface area contributed by atoms with E-state index < -0.39 is 0 Å². The highest BCUT2D eigenvalue weighted by atomic mass is 16.5. The SMILES string of the molecule is COc1ccc(-c2ccc(C(C)C)c(N)c2)cc1. The van der Waals surface area contributed by atoms with Gasteiger partial charge in [0.2, 0.25) is 0 Å². The Hall–Kier alpha value is -1.96. The molecule has 0 aliphatic carbocycles. The molecule has 0 spiro atoms. The summed E-state index contributed by atoms with van der Waals surface area (Å²) in [5, 5.41) is 0. The summed E-state index contributed by atoms with van der Waals surface area (Å²) in [5.74, 6) is 1.32. The molecule has 0 fully saturated rings. The van der Waals surface area contributed by atoms with Crippen molar-refractivity contribution < 1.29 is 4.74 Å². The Labute approximate surface area is 108 Å². The fraction of sp³-hybridized carbons (Fsp3) is 0.250. The van der Waals surface area contributed by atoms with Crippen LogP contribution in [0.1, 0.15) is 25.3 Å². The van der Waals surface area contributed by atoms with Crippen LogP contribution in [0.5, 0.6) is 5.75 Å². The molecule has 0 atom stereocenters. The first-order chi connectivity index (χ1) is 8.61. The molecule has 2 rings (SSSR count). The van der Waals surface area contributed by atoms with E-state index >= 15 is 0 Å². The molecule has 0 amide bonds. The first kappa shape index (κ1) is 12.5. The zero-order valence-corrected chi connectivity index (χ0v) is 11.1. The average molecular weight is 241 g/mol. The van der Waals surface area contributed by atoms with E-state index in [4.69, 9.17) is 10.5 Å². The summed E-state index contributed by atoms with van der Waals surface area (Å²) in [4.78, 5) is 0. The Morgan fingerprint density at radius 1 is 0.944 bits per heavy atom. The predicted octanol–water partition coefficient (Wildman–Crippen LogP) is 4.07. The van der Waals surface area contributed by atoms with Crippen molar-refractivity contribution in [2.75, 3.05) is 12.8 Å². The minimum Gasteiger partial charge on any atom is -0.497 e. The quantitative estimate of drug-likeness (QED) is 0.822. The van der Waals surface area contributed by atoms with Gasteiger partial charge in [-0.05, 0) is 40.8 Å². The fourth-order valence-corrected chi connectivity index (χ4v) is 2.06. The zero-order valence-electron chi connectivity index (χ0n) is 11.1. The Bertz CT molecular complexity index is 529. The summed E-state index contributed by atoms with van der Waals surface area (Å²) in [6, 6.07) is 14.3. The maximum absolute atomic E-state index is 6.09. The molecule has 0 heterocycles. The molecule has 94 valence electrons. The molecule has 0 aliphatic rings. The van der Waals surface area contributed by atoms with Crippen LogP contribution < -0.4 is 10.5 Å². The van der Waals surface area contributed by atoms with Gasteiger partial charge in [0.1, 0.15) is 5.75 Å². The van der Waals surface area contributed by atoms with Crippen LogP contribution >= 0.6 is 0 Å². The summed E-state index contributed by atoms with van der Waals surface area (Å²) in [6.07, 6.45) is 0. The van der Waals surface area contributed by atoms with Gasteiger partial charge in [0.15, 0.2) is 0 Å². The van der Waals surface area contributed by atoms with E-state index in [1.165, 1.54) is 5.56 Å². The standard InChI is InChI=1S/C16H19NO/c1-11(2)15-9-6-13(10-16(15)17)12-4-7-14(18-3)8-5-12/h4-11H,17H2,1-3H3. The molecule has 2 N–H and O–H groups in total. The van der Waals surface area contributed by atoms with Crippen LogP contribution in [0.3, 0.4) is 0 Å². The van der Waals surface area contributed by atoms with Gasteiger partial charge in [0.05, 0.1) is 7.11 Å². The highest BCUT2D eigenvalue weighted by Gasteiger charge is 2.06. The molecule has 2 heteroatoms. The summed E-state index contributed by atoms with van der Waals surface area (Å²) in [6.45, 7) is 4.30. The van der Waals surface area contributed by atoms with Crippen LogP contribution in [0.2, 0.25) is 0 Å². The van der Waals surface area contributed by atoms with Crippen molar-refractivity contribution in [3.63, 3.8) is 0 Å². The van der Waals surface area contributed by atoms with Gasteiger partial charge in [-0.1, -0.05) is 38.1 Å². The van der Waals surface area contributed by atoms with E-state index in [-0.39, 0.29) is 0 Å². The second kappa shape index (κ2) is 5.13. The lowest BCUT2D eigenvalue weighted by Crippen LogP contribution is -1.96. The summed E-state index contributed by atoms with van der Waals surface area (Å²) in [5.41, 5.74) is 10.4. The third-order valence-corrected chi connectivity index (χ3v) is 3.13. The van der Waals surface area contributed by atoms with Crippen molar-refractivity contribution in [2.45, 2.75) is 19.8 Å². The van der Waals surface area contributed by atoms with Crippen molar-refractivity contribution >= 4 is 5.69 Å². The van der Waals surface area contributed by atoms with E-state index in [9.17, 15) is 0 Å². The van der Waals surface area contributed by atoms with Crippen LogP contribution in [0.15, 0.2) is 42.5 Å². The van der Waals surface area contributed by atoms with E-state index in [2.05, 4.69) is 26.0 Å². The van der Waals surface area contributed by atoms with Crippen molar-refractivity contribution in [2.24, 2.45) is 0 Å². The first-order valence-electron chi connectivity index (χ1n) is 6.15. The van der Waals surface area contributed by atoms with E-state index in [1.54, 1.807) is 7.11 Å². The molecule has 0 radical (unpaired) electrons. The normalized spacial score (nSPS) is 10.7. The monoisotopic (exact) mass is 241 g/mol. The molecular weight excluding hydrogens is 222 g/mol. The minimum absolute atomic E-state index is 0.454. The van der Waals surface area contributed by atoms with E-state index in [0.29, 0.717) is 5.92 Å². The Balaban J connectivity index is 2.36. The van der Waals surface area contributed by atoms with Crippen LogP contribution in [0.4, 0.5) is 5.69 Å².